The first-order chi connectivity index (χ1) is 12.6. The Balaban J connectivity index is 1.68. The molecule has 1 N–H and O–H groups in total. The van der Waals surface area contributed by atoms with Crippen LogP contribution < -0.4 is 5.32 Å². The summed E-state index contributed by atoms with van der Waals surface area (Å²) in [5.74, 6) is -0.615. The van der Waals surface area contributed by atoms with E-state index in [1.165, 1.54) is 30.7 Å². The third-order valence-electron chi connectivity index (χ3n) is 4.86. The first-order valence-electron chi connectivity index (χ1n) is 9.06. The van der Waals surface area contributed by atoms with Crippen LogP contribution in [0.2, 0.25) is 0 Å². The highest BCUT2D eigenvalue weighted by molar-refractivity contribution is 6.05. The summed E-state index contributed by atoms with van der Waals surface area (Å²) in [6.07, 6.45) is 4.23. The summed E-state index contributed by atoms with van der Waals surface area (Å²) in [5.41, 5.74) is 1.58. The first kappa shape index (κ1) is 18.1. The van der Waals surface area contributed by atoms with Crippen LogP contribution in [-0.4, -0.2) is 29.3 Å². The summed E-state index contributed by atoms with van der Waals surface area (Å²) < 4.78 is 12.9. The standard InChI is InChI=1S/C21H23FN2O2/c1-2-19-5-3-4-14-24(19)21(26)16-8-6-15(7-9-16)20(25)23-18-12-10-17(22)11-13-18/h6-13,19H,2-5,14H2,1H3,(H,23,25). The van der Waals surface area contributed by atoms with Crippen molar-refractivity contribution in [3.05, 3.63) is 65.5 Å². The van der Waals surface area contributed by atoms with Gasteiger partial charge in [-0.3, -0.25) is 9.59 Å². The van der Waals surface area contributed by atoms with Crippen LogP contribution >= 0.6 is 0 Å². The number of likely N-dealkylation sites (tertiary alicyclic amines) is 1. The molecule has 0 saturated carbocycles. The fourth-order valence-corrected chi connectivity index (χ4v) is 3.36. The van der Waals surface area contributed by atoms with Gasteiger partial charge in [0, 0.05) is 29.4 Å². The molecule has 0 aromatic heterocycles. The summed E-state index contributed by atoms with van der Waals surface area (Å²) in [6.45, 7) is 2.91. The minimum absolute atomic E-state index is 0.0297. The Hall–Kier alpha value is -2.69. The van der Waals surface area contributed by atoms with Gasteiger partial charge in [-0.25, -0.2) is 4.39 Å². The lowest BCUT2D eigenvalue weighted by atomic mass is 9.98. The Kier molecular flexibility index (Phi) is 5.66. The number of nitrogens with zero attached hydrogens (tertiary/aromatic N) is 1. The van der Waals surface area contributed by atoms with E-state index in [1.54, 1.807) is 24.3 Å². The van der Waals surface area contributed by atoms with Crippen molar-refractivity contribution in [3.8, 4) is 0 Å². The Morgan fingerprint density at radius 3 is 2.35 bits per heavy atom. The highest BCUT2D eigenvalue weighted by Crippen LogP contribution is 2.22. The lowest BCUT2D eigenvalue weighted by Gasteiger charge is -2.35. The van der Waals surface area contributed by atoms with Crippen molar-refractivity contribution in [2.75, 3.05) is 11.9 Å². The summed E-state index contributed by atoms with van der Waals surface area (Å²) in [4.78, 5) is 27.0. The van der Waals surface area contributed by atoms with Gasteiger partial charge in [0.05, 0.1) is 0 Å². The van der Waals surface area contributed by atoms with Crippen molar-refractivity contribution >= 4 is 17.5 Å². The molecule has 0 radical (unpaired) electrons. The number of benzene rings is 2. The number of amides is 2. The Labute approximate surface area is 153 Å². The topological polar surface area (TPSA) is 49.4 Å². The van der Waals surface area contributed by atoms with E-state index in [2.05, 4.69) is 12.2 Å². The van der Waals surface area contributed by atoms with Gasteiger partial charge in [-0.1, -0.05) is 6.92 Å². The van der Waals surface area contributed by atoms with E-state index in [-0.39, 0.29) is 17.6 Å². The molecule has 3 rings (SSSR count). The number of anilines is 1. The molecule has 2 amide bonds. The van der Waals surface area contributed by atoms with Crippen molar-refractivity contribution in [1.82, 2.24) is 4.90 Å². The molecule has 1 aliphatic rings. The molecule has 1 saturated heterocycles. The molecule has 0 bridgehead atoms. The zero-order valence-electron chi connectivity index (χ0n) is 14.9. The lowest BCUT2D eigenvalue weighted by molar-refractivity contribution is 0.0607. The monoisotopic (exact) mass is 354 g/mol. The van der Waals surface area contributed by atoms with Crippen LogP contribution in [0.15, 0.2) is 48.5 Å². The highest BCUT2D eigenvalue weighted by Gasteiger charge is 2.26. The van der Waals surface area contributed by atoms with Crippen LogP contribution in [0.1, 0.15) is 53.3 Å². The van der Waals surface area contributed by atoms with Gasteiger partial charge >= 0.3 is 0 Å². The van der Waals surface area contributed by atoms with E-state index >= 15 is 0 Å². The number of carbonyl (C=O) groups is 2. The second kappa shape index (κ2) is 8.13. The second-order valence-electron chi connectivity index (χ2n) is 6.59. The van der Waals surface area contributed by atoms with Crippen LogP contribution in [0.4, 0.5) is 10.1 Å². The van der Waals surface area contributed by atoms with Crippen molar-refractivity contribution < 1.29 is 14.0 Å². The van der Waals surface area contributed by atoms with E-state index in [9.17, 15) is 14.0 Å². The van der Waals surface area contributed by atoms with Crippen LogP contribution in [0.3, 0.4) is 0 Å². The number of piperidine rings is 1. The SMILES string of the molecule is CCC1CCCCN1C(=O)c1ccc(C(=O)Nc2ccc(F)cc2)cc1. The first-order valence-corrected chi connectivity index (χ1v) is 9.06. The van der Waals surface area contributed by atoms with E-state index in [0.717, 1.165) is 25.8 Å². The lowest BCUT2D eigenvalue weighted by Crippen LogP contribution is -2.43. The van der Waals surface area contributed by atoms with Gasteiger partial charge in [0.15, 0.2) is 0 Å². The molecule has 0 aliphatic carbocycles. The van der Waals surface area contributed by atoms with Crippen molar-refractivity contribution in [2.24, 2.45) is 0 Å². The van der Waals surface area contributed by atoms with Gasteiger partial charge in [-0.05, 0) is 74.2 Å². The Morgan fingerprint density at radius 1 is 1.04 bits per heavy atom. The Morgan fingerprint density at radius 2 is 1.69 bits per heavy atom. The van der Waals surface area contributed by atoms with Crippen molar-refractivity contribution in [1.29, 1.82) is 0 Å². The maximum atomic E-state index is 12.9. The average Bonchev–Trinajstić information content (AvgIpc) is 2.69. The molecule has 1 atom stereocenters. The summed E-state index contributed by atoms with van der Waals surface area (Å²) >= 11 is 0. The molecule has 5 heteroatoms. The fourth-order valence-electron chi connectivity index (χ4n) is 3.36. The van der Waals surface area contributed by atoms with Crippen LogP contribution in [-0.2, 0) is 0 Å². The van der Waals surface area contributed by atoms with E-state index in [0.29, 0.717) is 22.9 Å². The fraction of sp³-hybridized carbons (Fsp3) is 0.333. The molecule has 1 aliphatic heterocycles. The molecule has 0 spiro atoms. The molecule has 4 nitrogen and oxygen atoms in total. The molecule has 2 aromatic rings. The summed E-state index contributed by atoms with van der Waals surface area (Å²) in [6, 6.07) is 12.6. The zero-order chi connectivity index (χ0) is 18.5. The average molecular weight is 354 g/mol. The smallest absolute Gasteiger partial charge is 0.255 e. The number of rotatable bonds is 4. The normalized spacial score (nSPS) is 17.0. The van der Waals surface area contributed by atoms with E-state index in [1.807, 2.05) is 4.90 Å². The van der Waals surface area contributed by atoms with Crippen LogP contribution in [0.25, 0.3) is 0 Å². The van der Waals surface area contributed by atoms with Gasteiger partial charge in [-0.2, -0.15) is 0 Å². The third kappa shape index (κ3) is 4.10. The predicted octanol–water partition coefficient (Wildman–Crippen LogP) is 4.48. The predicted molar refractivity (Wildman–Crippen MR) is 99.8 cm³/mol. The number of nitrogens with one attached hydrogen (secondary N) is 1. The minimum atomic E-state index is -0.353. The molecule has 2 aromatic carbocycles. The number of carbonyl (C=O) groups excluding carboxylic acids is 2. The summed E-state index contributed by atoms with van der Waals surface area (Å²) in [5, 5.41) is 2.71. The van der Waals surface area contributed by atoms with Crippen LogP contribution in [0, 0.1) is 5.82 Å². The summed E-state index contributed by atoms with van der Waals surface area (Å²) in [7, 11) is 0. The molecule has 1 heterocycles. The second-order valence-corrected chi connectivity index (χ2v) is 6.59. The van der Waals surface area contributed by atoms with Gasteiger partial charge in [0.25, 0.3) is 11.8 Å². The van der Waals surface area contributed by atoms with Gasteiger partial charge < -0.3 is 10.2 Å². The van der Waals surface area contributed by atoms with Crippen molar-refractivity contribution in [2.45, 2.75) is 38.6 Å². The van der Waals surface area contributed by atoms with Crippen LogP contribution in [0.5, 0.6) is 0 Å². The third-order valence-corrected chi connectivity index (χ3v) is 4.86. The number of hydrogen-bond donors (Lipinski definition) is 1. The van der Waals surface area contributed by atoms with E-state index < -0.39 is 0 Å². The molecule has 1 fully saturated rings. The zero-order valence-corrected chi connectivity index (χ0v) is 14.9. The van der Waals surface area contributed by atoms with E-state index in [4.69, 9.17) is 0 Å². The Bertz CT molecular complexity index is 772. The number of hydrogen-bond acceptors (Lipinski definition) is 2. The van der Waals surface area contributed by atoms with Gasteiger partial charge in [-0.15, -0.1) is 0 Å². The highest BCUT2D eigenvalue weighted by atomic mass is 19.1. The maximum Gasteiger partial charge on any atom is 0.255 e. The van der Waals surface area contributed by atoms with Gasteiger partial charge in [0.1, 0.15) is 5.82 Å². The quantitative estimate of drug-likeness (QED) is 0.880. The van der Waals surface area contributed by atoms with Gasteiger partial charge in [0.2, 0.25) is 0 Å². The number of halogens is 1. The minimum Gasteiger partial charge on any atom is -0.336 e. The molecule has 136 valence electrons. The maximum absolute atomic E-state index is 12.9. The molecular weight excluding hydrogens is 331 g/mol. The largest absolute Gasteiger partial charge is 0.336 e. The molecular formula is C21H23FN2O2. The molecule has 26 heavy (non-hydrogen) atoms. The molecule has 1 unspecified atom stereocenters. The van der Waals surface area contributed by atoms with Crippen molar-refractivity contribution in [3.63, 3.8) is 0 Å².